The minimum atomic E-state index is -0.972. The van der Waals surface area contributed by atoms with Crippen LogP contribution in [0.25, 0.3) is 0 Å². The fraction of sp³-hybridized carbons (Fsp3) is 0.615. The van der Waals surface area contributed by atoms with Gasteiger partial charge in [-0.15, -0.1) is 6.58 Å². The van der Waals surface area contributed by atoms with Crippen LogP contribution in [0.15, 0.2) is 12.7 Å². The Bertz CT molecular complexity index is 390. The van der Waals surface area contributed by atoms with Crippen molar-refractivity contribution in [2.45, 2.75) is 44.6 Å². The van der Waals surface area contributed by atoms with Crippen molar-refractivity contribution in [1.29, 1.82) is 0 Å². The maximum Gasteiger partial charge on any atom is 0.534 e. The molecule has 6 heteroatoms. The van der Waals surface area contributed by atoms with Crippen molar-refractivity contribution in [3.63, 3.8) is 0 Å². The van der Waals surface area contributed by atoms with E-state index in [-0.39, 0.29) is 18.9 Å². The molecule has 1 heterocycles. The second kappa shape index (κ2) is 5.86. The number of hydroxylamine groups is 2. The number of imide groups is 1. The van der Waals surface area contributed by atoms with Crippen molar-refractivity contribution in [2.24, 2.45) is 5.92 Å². The molecule has 1 aliphatic heterocycles. The number of allylic oxidation sites excluding steroid dienone is 1. The van der Waals surface area contributed by atoms with Gasteiger partial charge in [0.2, 0.25) is 0 Å². The zero-order valence-corrected chi connectivity index (χ0v) is 10.7. The molecule has 0 aromatic carbocycles. The summed E-state index contributed by atoms with van der Waals surface area (Å²) < 4.78 is 5.03. The second-order valence-corrected chi connectivity index (χ2v) is 4.79. The summed E-state index contributed by atoms with van der Waals surface area (Å²) in [5.74, 6) is -0.641. The lowest BCUT2D eigenvalue weighted by atomic mass is 10.2. The average Bonchev–Trinajstić information content (AvgIpc) is 3.03. The van der Waals surface area contributed by atoms with Crippen LogP contribution in [0.5, 0.6) is 0 Å². The Morgan fingerprint density at radius 3 is 2.68 bits per heavy atom. The molecular weight excluding hydrogens is 250 g/mol. The van der Waals surface area contributed by atoms with Gasteiger partial charge in [0.15, 0.2) is 0 Å². The molecule has 2 rings (SSSR count). The highest BCUT2D eigenvalue weighted by molar-refractivity contribution is 6.01. The van der Waals surface area contributed by atoms with Crippen LogP contribution in [0.1, 0.15) is 38.5 Å². The predicted octanol–water partition coefficient (Wildman–Crippen LogP) is 1.95. The maximum absolute atomic E-state index is 11.4. The van der Waals surface area contributed by atoms with E-state index in [4.69, 9.17) is 4.74 Å². The Labute approximate surface area is 111 Å². The quantitative estimate of drug-likeness (QED) is 0.318. The molecule has 0 spiro atoms. The van der Waals surface area contributed by atoms with Gasteiger partial charge >= 0.3 is 6.16 Å². The largest absolute Gasteiger partial charge is 0.534 e. The van der Waals surface area contributed by atoms with E-state index in [0.717, 1.165) is 25.7 Å². The molecule has 0 N–H and O–H groups in total. The minimum Gasteiger partial charge on any atom is -0.429 e. The van der Waals surface area contributed by atoms with E-state index in [0.29, 0.717) is 11.0 Å². The maximum atomic E-state index is 11.4. The lowest BCUT2D eigenvalue weighted by Gasteiger charge is -2.12. The minimum absolute atomic E-state index is 0.0831. The van der Waals surface area contributed by atoms with Crippen LogP contribution in [0.2, 0.25) is 0 Å². The summed E-state index contributed by atoms with van der Waals surface area (Å²) in [6, 6.07) is 0. The van der Waals surface area contributed by atoms with E-state index < -0.39 is 18.0 Å². The van der Waals surface area contributed by atoms with Crippen molar-refractivity contribution >= 4 is 18.0 Å². The van der Waals surface area contributed by atoms with Crippen LogP contribution in [0.3, 0.4) is 0 Å². The first-order valence-corrected chi connectivity index (χ1v) is 6.47. The number of unbranched alkanes of at least 4 members (excludes halogenated alkanes) is 1. The van der Waals surface area contributed by atoms with Gasteiger partial charge in [0.25, 0.3) is 11.8 Å². The van der Waals surface area contributed by atoms with Crippen LogP contribution >= 0.6 is 0 Å². The highest BCUT2D eigenvalue weighted by Gasteiger charge is 2.42. The van der Waals surface area contributed by atoms with Crippen LogP contribution in [-0.4, -0.2) is 29.1 Å². The van der Waals surface area contributed by atoms with Gasteiger partial charge in [-0.25, -0.2) is 4.79 Å². The van der Waals surface area contributed by atoms with Crippen LogP contribution in [-0.2, 0) is 19.2 Å². The first kappa shape index (κ1) is 13.6. The van der Waals surface area contributed by atoms with E-state index in [1.165, 1.54) is 0 Å². The van der Waals surface area contributed by atoms with Gasteiger partial charge in [0.05, 0.1) is 0 Å². The topological polar surface area (TPSA) is 72.9 Å². The number of rotatable bonds is 6. The second-order valence-electron chi connectivity index (χ2n) is 4.79. The molecule has 0 bridgehead atoms. The smallest absolute Gasteiger partial charge is 0.429 e. The average molecular weight is 267 g/mol. The monoisotopic (exact) mass is 267 g/mol. The number of carbonyl (C=O) groups excluding carboxylic acids is 3. The lowest BCUT2D eigenvalue weighted by molar-refractivity contribution is -0.177. The van der Waals surface area contributed by atoms with E-state index in [1.54, 1.807) is 0 Å². The van der Waals surface area contributed by atoms with E-state index in [9.17, 15) is 14.4 Å². The molecule has 0 unspecified atom stereocenters. The summed E-state index contributed by atoms with van der Waals surface area (Å²) in [5.41, 5.74) is 0. The molecule has 1 saturated carbocycles. The molecule has 1 saturated heterocycles. The van der Waals surface area contributed by atoms with Gasteiger partial charge in [0.1, 0.15) is 6.10 Å². The van der Waals surface area contributed by atoms with Crippen molar-refractivity contribution in [3.05, 3.63) is 12.7 Å². The zero-order chi connectivity index (χ0) is 13.8. The molecule has 0 aromatic rings. The number of carbonyl (C=O) groups is 3. The zero-order valence-electron chi connectivity index (χ0n) is 10.7. The van der Waals surface area contributed by atoms with Gasteiger partial charge in [-0.2, -0.15) is 0 Å². The Balaban J connectivity index is 1.67. The summed E-state index contributed by atoms with van der Waals surface area (Å²) in [5, 5.41) is 0.497. The first-order valence-electron chi connectivity index (χ1n) is 6.47. The number of hydrogen-bond donors (Lipinski definition) is 0. The van der Waals surface area contributed by atoms with E-state index in [2.05, 4.69) is 11.4 Å². The Hall–Kier alpha value is -1.85. The fourth-order valence-corrected chi connectivity index (χ4v) is 2.07. The number of hydrogen-bond acceptors (Lipinski definition) is 5. The summed E-state index contributed by atoms with van der Waals surface area (Å²) >= 11 is 0. The third-order valence-corrected chi connectivity index (χ3v) is 3.26. The lowest BCUT2D eigenvalue weighted by Crippen LogP contribution is -2.32. The van der Waals surface area contributed by atoms with Gasteiger partial charge < -0.3 is 4.74 Å². The Kier molecular flexibility index (Phi) is 4.19. The molecule has 2 fully saturated rings. The van der Waals surface area contributed by atoms with Crippen LogP contribution in [0, 0.1) is 5.92 Å². The van der Waals surface area contributed by atoms with Crippen molar-refractivity contribution in [3.8, 4) is 0 Å². The van der Waals surface area contributed by atoms with Gasteiger partial charge in [-0.3, -0.25) is 14.4 Å². The highest BCUT2D eigenvalue weighted by atomic mass is 16.8. The summed E-state index contributed by atoms with van der Waals surface area (Å²) in [4.78, 5) is 38.5. The van der Waals surface area contributed by atoms with Gasteiger partial charge in [-0.1, -0.05) is 11.1 Å². The highest BCUT2D eigenvalue weighted by Crippen LogP contribution is 2.38. The molecule has 6 nitrogen and oxygen atoms in total. The summed E-state index contributed by atoms with van der Waals surface area (Å²) in [7, 11) is 0. The first-order chi connectivity index (χ1) is 9.11. The number of amides is 2. The Morgan fingerprint density at radius 1 is 1.37 bits per heavy atom. The molecular formula is C13H17NO5. The van der Waals surface area contributed by atoms with Gasteiger partial charge in [0, 0.05) is 12.8 Å². The van der Waals surface area contributed by atoms with Crippen LogP contribution < -0.4 is 0 Å². The molecule has 19 heavy (non-hydrogen) atoms. The summed E-state index contributed by atoms with van der Waals surface area (Å²) in [6.45, 7) is 3.64. The van der Waals surface area contributed by atoms with Crippen molar-refractivity contribution in [1.82, 2.24) is 5.06 Å². The van der Waals surface area contributed by atoms with Crippen molar-refractivity contribution in [2.75, 3.05) is 0 Å². The van der Waals surface area contributed by atoms with Crippen molar-refractivity contribution < 1.29 is 24.0 Å². The molecule has 104 valence electrons. The number of ether oxygens (including phenoxy) is 1. The summed E-state index contributed by atoms with van der Waals surface area (Å²) in [6.07, 6.45) is 4.66. The van der Waals surface area contributed by atoms with E-state index >= 15 is 0 Å². The molecule has 0 aromatic heterocycles. The fourth-order valence-electron chi connectivity index (χ4n) is 2.07. The molecule has 0 radical (unpaired) electrons. The van der Waals surface area contributed by atoms with Crippen LogP contribution in [0.4, 0.5) is 4.79 Å². The normalized spacial score (nSPS) is 25.4. The molecule has 2 amide bonds. The van der Waals surface area contributed by atoms with E-state index in [1.807, 2.05) is 6.08 Å². The SMILES string of the molecule is C=CCCC[C@@H]1C[C@H]1OC(=O)ON1C(=O)CCC1=O. The predicted molar refractivity (Wildman–Crippen MR) is 64.6 cm³/mol. The Morgan fingerprint density at radius 2 is 2.05 bits per heavy atom. The molecule has 2 atom stereocenters. The van der Waals surface area contributed by atoms with Gasteiger partial charge in [-0.05, 0) is 31.6 Å². The number of nitrogens with zero attached hydrogens (tertiary/aromatic N) is 1. The third-order valence-electron chi connectivity index (χ3n) is 3.26. The molecule has 2 aliphatic rings. The third kappa shape index (κ3) is 3.56. The molecule has 1 aliphatic carbocycles. The standard InChI is InChI=1S/C13H17NO5/c1-2-3-4-5-9-8-10(9)18-13(17)19-14-11(15)6-7-12(14)16/h2,9-10H,1,3-8H2/t9-,10-/m1/s1.